The zero-order chi connectivity index (χ0) is 19.5. The van der Waals surface area contributed by atoms with Gasteiger partial charge in [-0.15, -0.1) is 11.3 Å². The number of piperidine rings is 1. The van der Waals surface area contributed by atoms with E-state index in [2.05, 4.69) is 33.2 Å². The Morgan fingerprint density at radius 2 is 1.89 bits per heavy atom. The summed E-state index contributed by atoms with van der Waals surface area (Å²) < 4.78 is 5.24. The number of methoxy groups -OCH3 is 1. The lowest BCUT2D eigenvalue weighted by Gasteiger charge is -2.35. The Hall–Kier alpha value is -1.93. The maximum Gasteiger partial charge on any atom is 0.261 e. The van der Waals surface area contributed by atoms with E-state index in [1.54, 1.807) is 18.4 Å². The van der Waals surface area contributed by atoms with Crippen molar-refractivity contribution in [1.82, 2.24) is 21.1 Å². The molecule has 2 aliphatic rings. The fourth-order valence-corrected chi connectivity index (χ4v) is 4.77. The average molecular weight is 401 g/mol. The van der Waals surface area contributed by atoms with Gasteiger partial charge in [-0.1, -0.05) is 12.1 Å². The Bertz CT molecular complexity index is 799. The number of carbonyl (C=O) groups is 1. The largest absolute Gasteiger partial charge is 0.497 e. The van der Waals surface area contributed by atoms with Gasteiger partial charge in [0, 0.05) is 30.1 Å². The highest BCUT2D eigenvalue weighted by molar-refractivity contribution is 7.13. The minimum Gasteiger partial charge on any atom is -0.497 e. The van der Waals surface area contributed by atoms with Crippen LogP contribution in [0.5, 0.6) is 5.75 Å². The van der Waals surface area contributed by atoms with Crippen LogP contribution in [0.2, 0.25) is 0 Å². The van der Waals surface area contributed by atoms with E-state index in [9.17, 15) is 4.79 Å². The first-order chi connectivity index (χ1) is 13.6. The summed E-state index contributed by atoms with van der Waals surface area (Å²) in [4.78, 5) is 16.8. The molecule has 2 atom stereocenters. The number of likely N-dealkylation sites (tertiary alicyclic amines) is 1. The zero-order valence-electron chi connectivity index (χ0n) is 16.4. The molecule has 3 heterocycles. The van der Waals surface area contributed by atoms with Gasteiger partial charge in [0.2, 0.25) is 0 Å². The quantitative estimate of drug-likeness (QED) is 0.720. The summed E-state index contributed by atoms with van der Waals surface area (Å²) in [5.74, 6) is 0.949. The molecule has 2 fully saturated rings. The summed E-state index contributed by atoms with van der Waals surface area (Å²) in [5.41, 5.74) is 8.14. The smallest absolute Gasteiger partial charge is 0.261 e. The molecular formula is C21H28N4O2S. The van der Waals surface area contributed by atoms with Gasteiger partial charge in [0.1, 0.15) is 5.75 Å². The normalized spacial score (nSPS) is 23.6. The number of hydrogen-bond acceptors (Lipinski definition) is 6. The van der Waals surface area contributed by atoms with Crippen molar-refractivity contribution in [3.63, 3.8) is 0 Å². The summed E-state index contributed by atoms with van der Waals surface area (Å²) in [5, 5.41) is 3.20. The molecule has 0 spiro atoms. The monoisotopic (exact) mass is 400 g/mol. The molecule has 2 saturated heterocycles. The molecule has 1 aromatic carbocycles. The van der Waals surface area contributed by atoms with Crippen molar-refractivity contribution in [2.45, 2.75) is 44.4 Å². The number of nitrogens with zero attached hydrogens (tertiary/aromatic N) is 1. The van der Waals surface area contributed by atoms with Crippen LogP contribution >= 0.6 is 11.3 Å². The Balaban J connectivity index is 1.25. The predicted octanol–water partition coefficient (Wildman–Crippen LogP) is 2.82. The number of nitrogens with one attached hydrogen (secondary N) is 3. The highest BCUT2D eigenvalue weighted by atomic mass is 32.1. The van der Waals surface area contributed by atoms with Crippen LogP contribution < -0.4 is 20.9 Å². The van der Waals surface area contributed by atoms with Crippen molar-refractivity contribution in [2.24, 2.45) is 0 Å². The van der Waals surface area contributed by atoms with Gasteiger partial charge in [-0.3, -0.25) is 9.69 Å². The van der Waals surface area contributed by atoms with Crippen LogP contribution in [0.25, 0.3) is 0 Å². The molecule has 1 aromatic heterocycles. The zero-order valence-corrected chi connectivity index (χ0v) is 17.2. The van der Waals surface area contributed by atoms with E-state index >= 15 is 0 Å². The third-order valence-electron chi connectivity index (χ3n) is 5.67. The van der Waals surface area contributed by atoms with Crippen LogP contribution in [0.1, 0.15) is 45.4 Å². The molecule has 3 N–H and O–H groups in total. The molecular weight excluding hydrogens is 372 g/mol. The summed E-state index contributed by atoms with van der Waals surface area (Å²) in [7, 11) is 1.69. The first-order valence-corrected chi connectivity index (χ1v) is 10.7. The van der Waals surface area contributed by atoms with Gasteiger partial charge in [-0.25, -0.2) is 10.9 Å². The van der Waals surface area contributed by atoms with Crippen LogP contribution in [-0.4, -0.2) is 43.2 Å². The highest BCUT2D eigenvalue weighted by Crippen LogP contribution is 2.27. The van der Waals surface area contributed by atoms with Crippen molar-refractivity contribution < 1.29 is 9.53 Å². The van der Waals surface area contributed by atoms with E-state index < -0.39 is 0 Å². The number of hydrazine groups is 1. The molecule has 2 aliphatic heterocycles. The summed E-state index contributed by atoms with van der Waals surface area (Å²) >= 11 is 1.56. The van der Waals surface area contributed by atoms with Gasteiger partial charge in [0.05, 0.1) is 18.2 Å². The fraction of sp³-hybridized carbons (Fsp3) is 0.476. The number of thiophene rings is 1. The standard InChI is InChI=1S/C21H28N4O2S/c1-14-3-8-19(28-14)21(26)22-16-9-11-25(12-10-16)20-13-18(23-24-20)15-4-6-17(27-2)7-5-15/h3-8,16,18,20,23-24H,9-13H2,1-2H3,(H,22,26). The SMILES string of the molecule is COc1ccc(C2CC(N3CCC(NC(=O)c4ccc(C)s4)CC3)NN2)cc1. The summed E-state index contributed by atoms with van der Waals surface area (Å²) in [6.45, 7) is 4.01. The molecule has 0 radical (unpaired) electrons. The van der Waals surface area contributed by atoms with E-state index in [0.717, 1.165) is 43.0 Å². The highest BCUT2D eigenvalue weighted by Gasteiger charge is 2.32. The molecule has 7 heteroatoms. The van der Waals surface area contributed by atoms with E-state index in [1.165, 1.54) is 10.4 Å². The number of hydrogen-bond donors (Lipinski definition) is 3. The molecule has 0 bridgehead atoms. The molecule has 2 unspecified atom stereocenters. The Labute approximate surface area is 170 Å². The van der Waals surface area contributed by atoms with Crippen molar-refractivity contribution in [2.75, 3.05) is 20.2 Å². The van der Waals surface area contributed by atoms with Crippen molar-refractivity contribution in [3.8, 4) is 5.75 Å². The predicted molar refractivity (Wildman–Crippen MR) is 112 cm³/mol. The van der Waals surface area contributed by atoms with Gasteiger partial charge in [-0.2, -0.15) is 0 Å². The van der Waals surface area contributed by atoms with Crippen molar-refractivity contribution in [1.29, 1.82) is 0 Å². The summed E-state index contributed by atoms with van der Waals surface area (Å²) in [6, 6.07) is 12.7. The van der Waals surface area contributed by atoms with Gasteiger partial charge in [-0.05, 0) is 56.0 Å². The summed E-state index contributed by atoms with van der Waals surface area (Å²) in [6.07, 6.45) is 3.32. The minimum absolute atomic E-state index is 0.0665. The van der Waals surface area contributed by atoms with E-state index in [1.807, 2.05) is 31.2 Å². The van der Waals surface area contributed by atoms with Crippen LogP contribution in [-0.2, 0) is 0 Å². The van der Waals surface area contributed by atoms with Gasteiger partial charge >= 0.3 is 0 Å². The number of ether oxygens (including phenoxy) is 1. The van der Waals surface area contributed by atoms with E-state index in [0.29, 0.717) is 12.2 Å². The van der Waals surface area contributed by atoms with Gasteiger partial charge in [0.15, 0.2) is 0 Å². The Morgan fingerprint density at radius 1 is 1.14 bits per heavy atom. The third kappa shape index (κ3) is 4.38. The molecule has 150 valence electrons. The fourth-order valence-electron chi connectivity index (χ4n) is 4.00. The Morgan fingerprint density at radius 3 is 2.54 bits per heavy atom. The van der Waals surface area contributed by atoms with Crippen molar-refractivity contribution >= 4 is 17.2 Å². The number of amides is 1. The van der Waals surface area contributed by atoms with Crippen LogP contribution in [0, 0.1) is 6.92 Å². The second kappa shape index (κ2) is 8.61. The number of aryl methyl sites for hydroxylation is 1. The van der Waals surface area contributed by atoms with Crippen LogP contribution in [0.4, 0.5) is 0 Å². The second-order valence-corrected chi connectivity index (χ2v) is 8.85. The topological polar surface area (TPSA) is 65.6 Å². The number of carbonyl (C=O) groups excluding carboxylic acids is 1. The van der Waals surface area contributed by atoms with Gasteiger partial charge in [0.25, 0.3) is 5.91 Å². The van der Waals surface area contributed by atoms with Crippen molar-refractivity contribution in [3.05, 3.63) is 51.7 Å². The lowest BCUT2D eigenvalue weighted by Crippen LogP contribution is -2.51. The average Bonchev–Trinajstić information content (AvgIpc) is 3.38. The lowest BCUT2D eigenvalue weighted by atomic mass is 10.0. The number of benzene rings is 1. The lowest BCUT2D eigenvalue weighted by molar-refractivity contribution is 0.0884. The first kappa shape index (κ1) is 19.4. The third-order valence-corrected chi connectivity index (χ3v) is 6.67. The molecule has 0 saturated carbocycles. The molecule has 6 nitrogen and oxygen atoms in total. The molecule has 2 aromatic rings. The second-order valence-electron chi connectivity index (χ2n) is 7.56. The minimum atomic E-state index is 0.0665. The van der Waals surface area contributed by atoms with Crippen LogP contribution in [0.3, 0.4) is 0 Å². The molecule has 28 heavy (non-hydrogen) atoms. The molecule has 4 rings (SSSR count). The maximum absolute atomic E-state index is 12.4. The Kier molecular flexibility index (Phi) is 5.96. The molecule has 0 aliphatic carbocycles. The van der Waals surface area contributed by atoms with E-state index in [-0.39, 0.29) is 11.9 Å². The first-order valence-electron chi connectivity index (χ1n) is 9.89. The molecule has 1 amide bonds. The van der Waals surface area contributed by atoms with E-state index in [4.69, 9.17) is 4.74 Å². The van der Waals surface area contributed by atoms with Crippen LogP contribution in [0.15, 0.2) is 36.4 Å². The van der Waals surface area contributed by atoms with Gasteiger partial charge < -0.3 is 10.1 Å². The maximum atomic E-state index is 12.4. The number of rotatable bonds is 5.